The molecule has 3 aliphatic carbocycles. The van der Waals surface area contributed by atoms with E-state index in [0.29, 0.717) is 51.9 Å². The molecular weight excluding hydrogens is 1220 g/mol. The summed E-state index contributed by atoms with van der Waals surface area (Å²) in [6.07, 6.45) is -0.824. The Hall–Kier alpha value is -10.5. The lowest BCUT2D eigenvalue weighted by molar-refractivity contribution is -0.172. The van der Waals surface area contributed by atoms with E-state index in [1.807, 2.05) is 115 Å². The van der Waals surface area contributed by atoms with Crippen LogP contribution in [0.3, 0.4) is 0 Å². The number of fused-ring (bicyclic) bond motifs is 11. The average Bonchev–Trinajstić information content (AvgIpc) is 1.45. The Morgan fingerprint density at radius 3 is 1.97 bits per heavy atom. The number of ketones is 2. The number of Topliss-reactive ketones (excluding diaryl/α,β-unsaturated/α-hetero) is 2. The molecule has 19 nitrogen and oxygen atoms in total. The summed E-state index contributed by atoms with van der Waals surface area (Å²) in [4.78, 5) is 130. The Labute approximate surface area is 552 Å². The van der Waals surface area contributed by atoms with Gasteiger partial charge in [-0.05, 0) is 112 Å². The second kappa shape index (κ2) is 27.1. The number of pyridine rings is 2. The topological polar surface area (TPSA) is 259 Å². The highest BCUT2D eigenvalue weighted by Gasteiger charge is 2.46. The monoisotopic (exact) mass is 1290 g/mol. The van der Waals surface area contributed by atoms with Gasteiger partial charge in [-0.3, -0.25) is 38.5 Å². The Morgan fingerprint density at radius 2 is 1.33 bits per heavy atom. The van der Waals surface area contributed by atoms with Crippen LogP contribution in [-0.2, 0) is 79.4 Å². The fourth-order valence-electron chi connectivity index (χ4n) is 14.6. The van der Waals surface area contributed by atoms with Gasteiger partial charge < -0.3 is 39.8 Å². The van der Waals surface area contributed by atoms with Crippen molar-refractivity contribution in [3.05, 3.63) is 217 Å². The van der Waals surface area contributed by atoms with Gasteiger partial charge >= 0.3 is 18.0 Å². The highest BCUT2D eigenvalue weighted by Crippen LogP contribution is 2.48. The largest absolute Gasteiger partial charge is 0.465 e. The number of benzene rings is 6. The fourth-order valence-corrected chi connectivity index (χ4v) is 14.6. The van der Waals surface area contributed by atoms with Crippen LogP contribution in [-0.4, -0.2) is 106 Å². The molecule has 0 spiro atoms. The van der Waals surface area contributed by atoms with Gasteiger partial charge in [-0.15, -0.1) is 0 Å². The second-order valence-corrected chi connectivity index (χ2v) is 25.4. The van der Waals surface area contributed by atoms with Gasteiger partial charge in [0.15, 0.2) is 17.2 Å². The maximum atomic E-state index is 15.8. The van der Waals surface area contributed by atoms with Crippen molar-refractivity contribution >= 4 is 58.2 Å². The molecule has 0 bridgehead atoms. The molecule has 20 heteroatoms. The van der Waals surface area contributed by atoms with Crippen LogP contribution >= 0.6 is 0 Å². The number of hydrogen-bond acceptors (Lipinski definition) is 14. The Morgan fingerprint density at radius 1 is 0.729 bits per heavy atom. The zero-order valence-corrected chi connectivity index (χ0v) is 53.2. The van der Waals surface area contributed by atoms with Crippen molar-refractivity contribution in [3.8, 4) is 33.6 Å². The van der Waals surface area contributed by atoms with Crippen molar-refractivity contribution in [2.24, 2.45) is 5.92 Å². The van der Waals surface area contributed by atoms with E-state index in [2.05, 4.69) is 16.0 Å². The summed E-state index contributed by atoms with van der Waals surface area (Å²) in [6.45, 7) is 1.59. The lowest BCUT2D eigenvalue weighted by Crippen LogP contribution is -2.44. The number of aryl methyl sites for hydroxylation is 1. The van der Waals surface area contributed by atoms with E-state index < -0.39 is 95.9 Å². The molecule has 13 rings (SSSR count). The summed E-state index contributed by atoms with van der Waals surface area (Å²) >= 11 is 0. The molecule has 96 heavy (non-hydrogen) atoms. The van der Waals surface area contributed by atoms with E-state index in [4.69, 9.17) is 19.2 Å². The maximum absolute atomic E-state index is 15.8. The molecule has 5 aliphatic rings. The predicted octanol–water partition coefficient (Wildman–Crippen LogP) is 9.42. The first-order chi connectivity index (χ1) is 46.5. The van der Waals surface area contributed by atoms with Crippen molar-refractivity contribution in [1.29, 1.82) is 0 Å². The van der Waals surface area contributed by atoms with Crippen LogP contribution in [0.2, 0.25) is 0 Å². The van der Waals surface area contributed by atoms with Gasteiger partial charge in [0.05, 0.1) is 54.6 Å². The number of carbonyl (C=O) groups excluding carboxylic acids is 8. The molecule has 0 unspecified atom stereocenters. The minimum absolute atomic E-state index is 0.0120. The molecule has 2 aromatic heterocycles. The molecule has 3 atom stereocenters. The lowest BCUT2D eigenvalue weighted by Gasteiger charge is -2.31. The molecule has 4 heterocycles. The predicted molar refractivity (Wildman–Crippen MR) is 353 cm³/mol. The molecule has 4 amide bonds. The molecule has 0 saturated carbocycles. The SMILES string of the molecule is CC[C@@]1(O)C(=O)OCc2c1cc1n(c2=O)Cc2c-1nc1cc(F)c(C)c3c1c2[C@@H](NC(=O)CN(CCCC(=O)CNC(=O)[C@@H](CC(=O)CNC(=O)CCC(=O)OCC1c2ccccc2-c2ccccc21)Cc1ccccc1)C(=O)OCC1c2ccccc2-c2ccccc21)CC3. The van der Waals surface area contributed by atoms with Gasteiger partial charge in [0.1, 0.15) is 32.2 Å². The third kappa shape index (κ3) is 12.5. The van der Waals surface area contributed by atoms with Gasteiger partial charge in [-0.1, -0.05) is 134 Å². The Bertz CT molecular complexity index is 4480. The van der Waals surface area contributed by atoms with Crippen molar-refractivity contribution in [2.45, 2.75) is 108 Å². The molecule has 0 radical (unpaired) electrons. The number of ether oxygens (including phenoxy) is 3. The smallest absolute Gasteiger partial charge is 0.410 e. The zero-order valence-electron chi connectivity index (χ0n) is 53.2. The fraction of sp³-hybridized carbons (Fsp3) is 0.316. The van der Waals surface area contributed by atoms with Gasteiger partial charge in [0.2, 0.25) is 17.7 Å². The van der Waals surface area contributed by atoms with Crippen LogP contribution < -0.4 is 21.5 Å². The van der Waals surface area contributed by atoms with Crippen LogP contribution in [0.4, 0.5) is 9.18 Å². The third-order valence-electron chi connectivity index (χ3n) is 19.6. The van der Waals surface area contributed by atoms with Crippen molar-refractivity contribution < 1.29 is 62.1 Å². The number of hydrogen-bond donors (Lipinski definition) is 4. The van der Waals surface area contributed by atoms with Crippen LogP contribution in [0.5, 0.6) is 0 Å². The third-order valence-corrected chi connectivity index (χ3v) is 19.6. The van der Waals surface area contributed by atoms with E-state index in [1.54, 1.807) is 32.0 Å². The van der Waals surface area contributed by atoms with E-state index in [-0.39, 0.29) is 106 Å². The van der Waals surface area contributed by atoms with Crippen LogP contribution in [0.1, 0.15) is 131 Å². The van der Waals surface area contributed by atoms with Crippen LogP contribution in [0.25, 0.3) is 44.5 Å². The number of amides is 4. The first kappa shape index (κ1) is 64.2. The van der Waals surface area contributed by atoms with E-state index in [0.717, 1.165) is 50.1 Å². The van der Waals surface area contributed by atoms with Crippen LogP contribution in [0, 0.1) is 18.7 Å². The number of aromatic nitrogens is 2. The quantitative estimate of drug-likeness (QED) is 0.0325. The minimum atomic E-state index is -2.09. The zero-order chi connectivity index (χ0) is 66.9. The Balaban J connectivity index is 0.662. The number of nitrogens with zero attached hydrogens (tertiary/aromatic N) is 3. The highest BCUT2D eigenvalue weighted by atomic mass is 19.1. The number of rotatable bonds is 24. The first-order valence-corrected chi connectivity index (χ1v) is 32.6. The van der Waals surface area contributed by atoms with Crippen molar-refractivity contribution in [3.63, 3.8) is 0 Å². The normalized spacial score (nSPS) is 16.3. The Kier molecular flexibility index (Phi) is 18.1. The summed E-state index contributed by atoms with van der Waals surface area (Å²) in [6, 6.07) is 42.9. The van der Waals surface area contributed by atoms with E-state index in [9.17, 15) is 48.3 Å². The van der Waals surface area contributed by atoms with E-state index >= 15 is 4.39 Å². The summed E-state index contributed by atoms with van der Waals surface area (Å²) in [7, 11) is 0. The average molecular weight is 1300 g/mol. The van der Waals surface area contributed by atoms with Gasteiger partial charge in [0.25, 0.3) is 5.56 Å². The highest BCUT2D eigenvalue weighted by molar-refractivity contribution is 5.95. The summed E-state index contributed by atoms with van der Waals surface area (Å²) in [5.74, 6) is -5.80. The van der Waals surface area contributed by atoms with Crippen LogP contribution in [0.15, 0.2) is 144 Å². The molecule has 490 valence electrons. The van der Waals surface area contributed by atoms with Gasteiger partial charge in [-0.25, -0.2) is 19.0 Å². The number of nitrogens with one attached hydrogen (secondary N) is 3. The summed E-state index contributed by atoms with van der Waals surface area (Å²) < 4.78 is 34.3. The van der Waals surface area contributed by atoms with E-state index in [1.165, 1.54) is 15.5 Å². The first-order valence-electron chi connectivity index (χ1n) is 32.6. The maximum Gasteiger partial charge on any atom is 0.410 e. The number of cyclic esters (lactones) is 1. The molecule has 2 aliphatic heterocycles. The molecule has 6 aromatic carbocycles. The van der Waals surface area contributed by atoms with Crippen molar-refractivity contribution in [2.75, 3.05) is 39.4 Å². The molecule has 4 N–H and O–H groups in total. The second-order valence-electron chi connectivity index (χ2n) is 25.4. The summed E-state index contributed by atoms with van der Waals surface area (Å²) in [5, 5.41) is 20.6. The number of carbonyl (C=O) groups is 8. The molecule has 0 fully saturated rings. The number of esters is 2. The molecular formula is C76H71FN6O13. The minimum Gasteiger partial charge on any atom is -0.465 e. The van der Waals surface area contributed by atoms with Gasteiger partial charge in [-0.2, -0.15) is 0 Å². The molecule has 8 aromatic rings. The number of halogens is 1. The lowest BCUT2D eigenvalue weighted by atomic mass is 9.81. The number of aliphatic hydroxyl groups is 1. The molecule has 0 saturated heterocycles. The van der Waals surface area contributed by atoms with Gasteiger partial charge in [0, 0.05) is 66.1 Å². The van der Waals surface area contributed by atoms with Crippen molar-refractivity contribution in [1.82, 2.24) is 30.4 Å². The standard InChI is InChI=1S/C76H71FN6O13/c1-3-76(93)61-34-65-71-57(38-83(65)73(90)60(61)42-95-74(76)91)70-63(28-27-48-43(2)62(77)35-64(81-71)69(48)70)80-67(87)39-82(75(92)96-41-59-55-25-13-9-21-51(55)52-22-10-14-26-56(52)59)31-15-18-46(84)36-79-72(89)45(32-44-16-5-4-6-17-44)33-47(85)37-78-66(86)29-30-68(88)94-40-58-53-23-11-7-19-49(53)50-20-8-12-24-54(50)58/h4-14,16-17,19-26,34-35,45,58-59,63,93H,3,15,18,27-33,36-42H2,1-2H3,(H,78,86)(H,79,89)(H,80,87)/t45-,63+,76+/m1/s1. The summed E-state index contributed by atoms with van der Waals surface area (Å²) in [5.41, 5.74) is 9.96.